The molecule has 4 aromatic rings. The molecule has 0 aliphatic heterocycles. The molecule has 9 heteroatoms. The summed E-state index contributed by atoms with van der Waals surface area (Å²) >= 11 is 0. The van der Waals surface area contributed by atoms with E-state index in [0.29, 0.717) is 23.9 Å². The fourth-order valence-corrected chi connectivity index (χ4v) is 4.99. The second-order valence-electron chi connectivity index (χ2n) is 7.10. The summed E-state index contributed by atoms with van der Waals surface area (Å²) < 4.78 is 58.2. The lowest BCUT2D eigenvalue weighted by Crippen LogP contribution is -2.31. The van der Waals surface area contributed by atoms with Gasteiger partial charge >= 0.3 is 0 Å². The molecule has 0 atom stereocenters. The summed E-state index contributed by atoms with van der Waals surface area (Å²) in [5.41, 5.74) is 1.61. The van der Waals surface area contributed by atoms with Crippen LogP contribution in [0.4, 0.5) is 14.5 Å². The Balaban J connectivity index is 1.92. The molecule has 0 bridgehead atoms. The second-order valence-corrected chi connectivity index (χ2v) is 8.93. The Hall–Kier alpha value is -3.33. The highest BCUT2D eigenvalue weighted by Crippen LogP contribution is 2.30. The molecule has 6 nitrogen and oxygen atoms in total. The van der Waals surface area contributed by atoms with Crippen molar-refractivity contribution >= 4 is 21.4 Å². The van der Waals surface area contributed by atoms with Gasteiger partial charge in [-0.2, -0.15) is 0 Å². The quantitative estimate of drug-likeness (QED) is 0.447. The maximum Gasteiger partial charge on any atom is 0.268 e. The zero-order valence-corrected chi connectivity index (χ0v) is 17.8. The molecule has 31 heavy (non-hydrogen) atoms. The van der Waals surface area contributed by atoms with Crippen LogP contribution in [-0.4, -0.2) is 23.0 Å². The largest absolute Gasteiger partial charge is 0.285 e. The third kappa shape index (κ3) is 3.88. The Kier molecular flexibility index (Phi) is 5.45. The van der Waals surface area contributed by atoms with Gasteiger partial charge in [-0.05, 0) is 42.3 Å². The second kappa shape index (κ2) is 8.07. The Morgan fingerprint density at radius 1 is 1.00 bits per heavy atom. The van der Waals surface area contributed by atoms with Crippen molar-refractivity contribution in [1.82, 2.24) is 14.6 Å². The number of anilines is 1. The average molecular weight is 442 g/mol. The number of hydrogen-bond acceptors (Lipinski definition) is 4. The van der Waals surface area contributed by atoms with Crippen LogP contribution in [0.2, 0.25) is 0 Å². The first-order valence-corrected chi connectivity index (χ1v) is 11.1. The zero-order valence-electron chi connectivity index (χ0n) is 17.0. The van der Waals surface area contributed by atoms with Crippen LogP contribution in [0.25, 0.3) is 5.65 Å². The predicted octanol–water partition coefficient (Wildman–Crippen LogP) is 4.27. The monoisotopic (exact) mass is 442 g/mol. The SMILES string of the molecule is CCc1nnc2c(S(=O)(=O)N(Cc3ccccc3C)c3cc(F)cc(F)c3)cccn12. The number of nitrogens with zero attached hydrogens (tertiary/aromatic N) is 4. The molecule has 0 radical (unpaired) electrons. The molecule has 2 heterocycles. The lowest BCUT2D eigenvalue weighted by atomic mass is 10.1. The lowest BCUT2D eigenvalue weighted by molar-refractivity contribution is 0.580. The summed E-state index contributed by atoms with van der Waals surface area (Å²) in [7, 11) is -4.25. The van der Waals surface area contributed by atoms with E-state index < -0.39 is 21.7 Å². The minimum atomic E-state index is -4.25. The fraction of sp³-hybridized carbons (Fsp3) is 0.182. The summed E-state index contributed by atoms with van der Waals surface area (Å²) in [6.45, 7) is 3.63. The molecule has 4 rings (SSSR count). The van der Waals surface area contributed by atoms with Crippen LogP contribution in [0.1, 0.15) is 23.9 Å². The zero-order chi connectivity index (χ0) is 22.2. The molecule has 2 aromatic carbocycles. The van der Waals surface area contributed by atoms with Gasteiger partial charge in [-0.25, -0.2) is 17.2 Å². The maximum atomic E-state index is 14.0. The summed E-state index contributed by atoms with van der Waals surface area (Å²) in [5, 5.41) is 8.11. The van der Waals surface area contributed by atoms with Crippen LogP contribution >= 0.6 is 0 Å². The highest BCUT2D eigenvalue weighted by atomic mass is 32.2. The van der Waals surface area contributed by atoms with Gasteiger partial charge in [-0.3, -0.25) is 8.71 Å². The Labute approximate surface area is 178 Å². The smallest absolute Gasteiger partial charge is 0.268 e. The van der Waals surface area contributed by atoms with Crippen molar-refractivity contribution in [2.75, 3.05) is 4.31 Å². The molecular formula is C22H20F2N4O2S. The summed E-state index contributed by atoms with van der Waals surface area (Å²) in [6.07, 6.45) is 2.24. The minimum absolute atomic E-state index is 0.0968. The number of benzene rings is 2. The highest BCUT2D eigenvalue weighted by Gasteiger charge is 2.30. The van der Waals surface area contributed by atoms with E-state index >= 15 is 0 Å². The van der Waals surface area contributed by atoms with Crippen LogP contribution in [0.5, 0.6) is 0 Å². The van der Waals surface area contributed by atoms with Crippen molar-refractivity contribution in [1.29, 1.82) is 0 Å². The van der Waals surface area contributed by atoms with Gasteiger partial charge in [0.15, 0.2) is 5.65 Å². The number of pyridine rings is 1. The summed E-state index contributed by atoms with van der Waals surface area (Å²) in [6, 6.07) is 12.9. The molecule has 0 aliphatic carbocycles. The van der Waals surface area contributed by atoms with Gasteiger partial charge in [-0.15, -0.1) is 10.2 Å². The van der Waals surface area contributed by atoms with E-state index in [1.54, 1.807) is 28.8 Å². The van der Waals surface area contributed by atoms with Gasteiger partial charge < -0.3 is 0 Å². The maximum absolute atomic E-state index is 14.0. The third-order valence-corrected chi connectivity index (χ3v) is 6.86. The van der Waals surface area contributed by atoms with Crippen molar-refractivity contribution in [3.05, 3.63) is 89.4 Å². The van der Waals surface area contributed by atoms with Crippen molar-refractivity contribution in [3.8, 4) is 0 Å². The number of rotatable bonds is 6. The first-order valence-electron chi connectivity index (χ1n) is 9.67. The van der Waals surface area contributed by atoms with Crippen LogP contribution in [-0.2, 0) is 23.0 Å². The molecule has 0 amide bonds. The fourth-order valence-electron chi connectivity index (χ4n) is 3.44. The van der Waals surface area contributed by atoms with E-state index in [1.807, 2.05) is 26.0 Å². The standard InChI is InChI=1S/C22H20F2N4O2S/c1-3-21-25-26-22-20(9-6-10-27(21)22)31(29,30)28(14-16-8-5-4-7-15(16)2)19-12-17(23)11-18(24)13-19/h4-13H,3,14H2,1-2H3. The van der Waals surface area contributed by atoms with Gasteiger partial charge in [0.1, 0.15) is 22.4 Å². The number of aryl methyl sites for hydroxylation is 2. The van der Waals surface area contributed by atoms with E-state index in [0.717, 1.165) is 22.0 Å². The van der Waals surface area contributed by atoms with Gasteiger partial charge in [0, 0.05) is 18.7 Å². The molecule has 0 spiro atoms. The van der Waals surface area contributed by atoms with Crippen molar-refractivity contribution in [3.63, 3.8) is 0 Å². The molecule has 0 saturated carbocycles. The predicted molar refractivity (Wildman–Crippen MR) is 113 cm³/mol. The van der Waals surface area contributed by atoms with E-state index in [2.05, 4.69) is 10.2 Å². The molecule has 0 fully saturated rings. The van der Waals surface area contributed by atoms with Crippen LogP contribution < -0.4 is 4.31 Å². The van der Waals surface area contributed by atoms with Crippen LogP contribution in [0.3, 0.4) is 0 Å². The Morgan fingerprint density at radius 2 is 1.71 bits per heavy atom. The van der Waals surface area contributed by atoms with Crippen molar-refractivity contribution in [2.45, 2.75) is 31.7 Å². The van der Waals surface area contributed by atoms with Gasteiger partial charge in [0.2, 0.25) is 0 Å². The van der Waals surface area contributed by atoms with Crippen molar-refractivity contribution in [2.24, 2.45) is 0 Å². The molecule has 0 unspecified atom stereocenters. The molecule has 160 valence electrons. The number of hydrogen-bond donors (Lipinski definition) is 0. The molecule has 0 N–H and O–H groups in total. The van der Waals surface area contributed by atoms with E-state index in [9.17, 15) is 17.2 Å². The lowest BCUT2D eigenvalue weighted by Gasteiger charge is -2.25. The molecule has 0 saturated heterocycles. The minimum Gasteiger partial charge on any atom is -0.285 e. The molecule has 0 aliphatic rings. The van der Waals surface area contributed by atoms with Crippen LogP contribution in [0, 0.1) is 18.6 Å². The third-order valence-electron chi connectivity index (χ3n) is 5.06. The van der Waals surface area contributed by atoms with E-state index in [-0.39, 0.29) is 22.8 Å². The van der Waals surface area contributed by atoms with Gasteiger partial charge in [-0.1, -0.05) is 31.2 Å². The average Bonchev–Trinajstić information content (AvgIpc) is 3.15. The van der Waals surface area contributed by atoms with Gasteiger partial charge in [0.25, 0.3) is 10.0 Å². The number of aromatic nitrogens is 3. The van der Waals surface area contributed by atoms with Crippen molar-refractivity contribution < 1.29 is 17.2 Å². The van der Waals surface area contributed by atoms with Crippen LogP contribution in [0.15, 0.2) is 65.7 Å². The Morgan fingerprint density at radius 3 is 2.39 bits per heavy atom. The first-order chi connectivity index (χ1) is 14.8. The summed E-state index contributed by atoms with van der Waals surface area (Å²) in [4.78, 5) is -0.0968. The van der Waals surface area contributed by atoms with E-state index in [4.69, 9.17) is 0 Å². The number of sulfonamides is 1. The normalized spacial score (nSPS) is 11.7. The topological polar surface area (TPSA) is 67.6 Å². The highest BCUT2D eigenvalue weighted by molar-refractivity contribution is 7.93. The first kappa shape index (κ1) is 20.9. The Bertz CT molecular complexity index is 1350. The summed E-state index contributed by atoms with van der Waals surface area (Å²) in [5.74, 6) is -1.13. The van der Waals surface area contributed by atoms with E-state index in [1.165, 1.54) is 6.07 Å². The number of halogens is 2. The molecule has 2 aromatic heterocycles. The molecular weight excluding hydrogens is 422 g/mol. The van der Waals surface area contributed by atoms with Gasteiger partial charge in [0.05, 0.1) is 12.2 Å². The number of fused-ring (bicyclic) bond motifs is 1.